The minimum Gasteiger partial charge on any atom is -0.352 e. The number of carbonyl (C=O) groups excluding carboxylic acids is 2. The number of piperidine rings is 1. The van der Waals surface area contributed by atoms with E-state index in [1.807, 2.05) is 18.2 Å². The second kappa shape index (κ2) is 10.1. The molecule has 1 saturated carbocycles. The zero-order chi connectivity index (χ0) is 22.2. The van der Waals surface area contributed by atoms with Crippen molar-refractivity contribution < 1.29 is 9.59 Å². The van der Waals surface area contributed by atoms with Crippen molar-refractivity contribution in [1.29, 1.82) is 0 Å². The van der Waals surface area contributed by atoms with E-state index in [1.54, 1.807) is 6.07 Å². The monoisotopic (exact) mass is 480 g/mol. The first-order valence-corrected chi connectivity index (χ1v) is 11.8. The number of aromatic nitrogens is 1. The lowest BCUT2D eigenvalue weighted by molar-refractivity contribution is -0.127. The van der Waals surface area contributed by atoms with Crippen LogP contribution in [0.25, 0.3) is 10.9 Å². The van der Waals surface area contributed by atoms with Gasteiger partial charge in [0, 0.05) is 27.9 Å². The Hall–Kier alpha value is -1.60. The van der Waals surface area contributed by atoms with Crippen LogP contribution < -0.4 is 11.1 Å². The van der Waals surface area contributed by atoms with E-state index < -0.39 is 5.54 Å². The fourth-order valence-corrected chi connectivity index (χ4v) is 5.30. The summed E-state index contributed by atoms with van der Waals surface area (Å²) in [6.45, 7) is 6.25. The summed E-state index contributed by atoms with van der Waals surface area (Å²) in [5, 5.41) is 4.69. The Balaban J connectivity index is 0.00000289. The van der Waals surface area contributed by atoms with E-state index >= 15 is 0 Å². The third-order valence-corrected chi connectivity index (χ3v) is 7.39. The van der Waals surface area contributed by atoms with Crippen molar-refractivity contribution in [3.8, 4) is 0 Å². The summed E-state index contributed by atoms with van der Waals surface area (Å²) in [5.74, 6) is -0.104. The fourth-order valence-electron chi connectivity index (χ4n) is 5.11. The molecule has 2 atom stereocenters. The number of likely N-dealkylation sites (tertiary alicyclic amines) is 1. The molecule has 0 bridgehead atoms. The number of nitrogens with zero attached hydrogens (tertiary/aromatic N) is 1. The normalized spacial score (nSPS) is 25.0. The molecule has 1 aliphatic heterocycles. The Morgan fingerprint density at radius 1 is 1.19 bits per heavy atom. The van der Waals surface area contributed by atoms with Gasteiger partial charge in [-0.1, -0.05) is 24.4 Å². The molecule has 2 fully saturated rings. The number of amides is 1. The first-order chi connectivity index (χ1) is 14.8. The second-order valence-corrected chi connectivity index (χ2v) is 9.93. The minimum atomic E-state index is -1.10. The number of ketones is 1. The maximum atomic E-state index is 13.5. The predicted molar refractivity (Wildman–Crippen MR) is 132 cm³/mol. The average molecular weight is 481 g/mol. The average Bonchev–Trinajstić information content (AvgIpc) is 3.18. The second-order valence-electron chi connectivity index (χ2n) is 9.50. The molecule has 1 saturated heterocycles. The van der Waals surface area contributed by atoms with Crippen LogP contribution in [-0.2, 0) is 4.79 Å². The number of nitrogens with two attached hydrogens (primary N) is 1. The van der Waals surface area contributed by atoms with Crippen LogP contribution in [-0.4, -0.2) is 52.3 Å². The van der Waals surface area contributed by atoms with E-state index in [4.69, 9.17) is 17.3 Å². The molecule has 2 heterocycles. The molecule has 8 heteroatoms. The summed E-state index contributed by atoms with van der Waals surface area (Å²) in [4.78, 5) is 32.2. The van der Waals surface area contributed by atoms with Crippen LogP contribution in [0, 0.1) is 5.92 Å². The lowest BCUT2D eigenvalue weighted by atomic mass is 9.74. The van der Waals surface area contributed by atoms with Gasteiger partial charge in [-0.2, -0.15) is 0 Å². The molecule has 1 amide bonds. The lowest BCUT2D eigenvalue weighted by Gasteiger charge is -2.41. The molecule has 2 aliphatic rings. The largest absolute Gasteiger partial charge is 0.352 e. The number of aromatic amines is 1. The summed E-state index contributed by atoms with van der Waals surface area (Å²) in [7, 11) is 0. The highest BCUT2D eigenvalue weighted by Gasteiger charge is 2.45. The van der Waals surface area contributed by atoms with Gasteiger partial charge in [0.15, 0.2) is 0 Å². The van der Waals surface area contributed by atoms with Gasteiger partial charge in [-0.05, 0) is 76.9 Å². The molecule has 2 aromatic rings. The Morgan fingerprint density at radius 2 is 1.91 bits per heavy atom. The molecule has 4 N–H and O–H groups in total. The summed E-state index contributed by atoms with van der Waals surface area (Å²) in [5.41, 5.74) is 6.98. The van der Waals surface area contributed by atoms with Crippen LogP contribution in [0.4, 0.5) is 0 Å². The first kappa shape index (κ1) is 25.0. The molecule has 6 nitrogen and oxygen atoms in total. The quantitative estimate of drug-likeness (QED) is 0.556. The van der Waals surface area contributed by atoms with Crippen LogP contribution in [0.15, 0.2) is 24.3 Å². The van der Waals surface area contributed by atoms with Gasteiger partial charge < -0.3 is 20.9 Å². The topological polar surface area (TPSA) is 91.2 Å². The lowest BCUT2D eigenvalue weighted by Crippen LogP contribution is -2.65. The molecule has 32 heavy (non-hydrogen) atoms. The number of rotatable bonds is 5. The summed E-state index contributed by atoms with van der Waals surface area (Å²) in [6.07, 6.45) is 4.85. The number of fused-ring (bicyclic) bond motifs is 1. The Labute approximate surface area is 201 Å². The number of hydrogen-bond acceptors (Lipinski definition) is 4. The third-order valence-electron chi connectivity index (χ3n) is 7.15. The zero-order valence-electron chi connectivity index (χ0n) is 18.8. The van der Waals surface area contributed by atoms with Gasteiger partial charge in [-0.3, -0.25) is 9.59 Å². The van der Waals surface area contributed by atoms with Gasteiger partial charge in [0.25, 0.3) is 0 Å². The number of benzene rings is 1. The molecule has 4 rings (SSSR count). The highest BCUT2D eigenvalue weighted by Crippen LogP contribution is 2.32. The van der Waals surface area contributed by atoms with Crippen molar-refractivity contribution in [3.05, 3.63) is 35.0 Å². The van der Waals surface area contributed by atoms with Crippen molar-refractivity contribution in [2.24, 2.45) is 11.7 Å². The summed E-state index contributed by atoms with van der Waals surface area (Å²) in [6, 6.07) is 7.45. The van der Waals surface area contributed by atoms with Gasteiger partial charge in [0.2, 0.25) is 11.7 Å². The molecule has 2 unspecified atom stereocenters. The number of Topliss-reactive ketones (excluding diaryl/α,β-unsaturated/α-hetero) is 1. The third kappa shape index (κ3) is 4.98. The van der Waals surface area contributed by atoms with Crippen LogP contribution in [0.3, 0.4) is 0 Å². The summed E-state index contributed by atoms with van der Waals surface area (Å²) < 4.78 is 0. The zero-order valence-corrected chi connectivity index (χ0v) is 20.4. The maximum absolute atomic E-state index is 13.5. The highest BCUT2D eigenvalue weighted by atomic mass is 35.5. The van der Waals surface area contributed by atoms with Crippen molar-refractivity contribution in [2.75, 3.05) is 13.1 Å². The fraction of sp³-hybridized carbons (Fsp3) is 0.583. The number of hydrogen-bond donors (Lipinski definition) is 3. The van der Waals surface area contributed by atoms with Gasteiger partial charge in [-0.15, -0.1) is 12.4 Å². The van der Waals surface area contributed by atoms with E-state index in [-0.39, 0.29) is 36.1 Å². The molecule has 176 valence electrons. The van der Waals surface area contributed by atoms with E-state index in [0.717, 1.165) is 56.1 Å². The van der Waals surface area contributed by atoms with Crippen molar-refractivity contribution >= 4 is 46.6 Å². The molecular formula is C24H34Cl2N4O2. The smallest absolute Gasteiger partial charge is 0.223 e. The molecule has 1 aliphatic carbocycles. The molecule has 0 spiro atoms. The van der Waals surface area contributed by atoms with Crippen LogP contribution in [0.5, 0.6) is 0 Å². The van der Waals surface area contributed by atoms with Gasteiger partial charge >= 0.3 is 0 Å². The Kier molecular flexibility index (Phi) is 7.92. The molecule has 1 aromatic heterocycles. The van der Waals surface area contributed by atoms with E-state index in [0.29, 0.717) is 23.2 Å². The number of nitrogens with one attached hydrogen (secondary N) is 2. The number of H-pyrrole nitrogens is 1. The molecule has 1 aromatic carbocycles. The van der Waals surface area contributed by atoms with Gasteiger partial charge in [-0.25, -0.2) is 0 Å². The molecule has 0 radical (unpaired) electrons. The Morgan fingerprint density at radius 3 is 2.59 bits per heavy atom. The SMILES string of the molecule is CC(C)N1CCC(C(=O)NC2CCCCC2(N)C(=O)c2cc3cc(Cl)ccc3[nH]2)CC1.Cl. The Bertz CT molecular complexity index is 968. The van der Waals surface area contributed by atoms with E-state index in [2.05, 4.69) is 29.0 Å². The summed E-state index contributed by atoms with van der Waals surface area (Å²) >= 11 is 6.09. The van der Waals surface area contributed by atoms with Crippen LogP contribution >= 0.6 is 24.0 Å². The highest BCUT2D eigenvalue weighted by molar-refractivity contribution is 6.31. The maximum Gasteiger partial charge on any atom is 0.223 e. The predicted octanol–water partition coefficient (Wildman–Crippen LogP) is 4.30. The van der Waals surface area contributed by atoms with E-state index in [9.17, 15) is 9.59 Å². The van der Waals surface area contributed by atoms with Crippen LogP contribution in [0.1, 0.15) is 62.9 Å². The van der Waals surface area contributed by atoms with Crippen molar-refractivity contribution in [3.63, 3.8) is 0 Å². The number of halogens is 2. The van der Waals surface area contributed by atoms with Crippen molar-refractivity contribution in [2.45, 2.75) is 70.0 Å². The molecular weight excluding hydrogens is 447 g/mol. The first-order valence-electron chi connectivity index (χ1n) is 11.4. The number of carbonyl (C=O) groups is 2. The minimum absolute atomic E-state index is 0. The van der Waals surface area contributed by atoms with Crippen molar-refractivity contribution in [1.82, 2.24) is 15.2 Å². The van der Waals surface area contributed by atoms with E-state index in [1.165, 1.54) is 0 Å². The van der Waals surface area contributed by atoms with Crippen LogP contribution in [0.2, 0.25) is 5.02 Å². The van der Waals surface area contributed by atoms with Gasteiger partial charge in [0.1, 0.15) is 5.54 Å². The van der Waals surface area contributed by atoms with Gasteiger partial charge in [0.05, 0.1) is 11.7 Å². The standard InChI is InChI=1S/C24H33ClN4O2.ClH/c1-15(2)29-11-8-16(9-12-29)23(31)28-21-5-3-4-10-24(21,26)22(30)20-14-17-13-18(25)6-7-19(17)27-20;/h6-7,13-16,21,27H,3-5,8-12,26H2,1-2H3,(H,28,31);1H.